The van der Waals surface area contributed by atoms with Crippen LogP contribution in [0.5, 0.6) is 0 Å². The molecule has 5 nitrogen and oxygen atoms in total. The van der Waals surface area contributed by atoms with Gasteiger partial charge in [-0.3, -0.25) is 4.79 Å². The molecule has 1 aromatic heterocycles. The lowest BCUT2D eigenvalue weighted by atomic mass is 10.2. The molecule has 0 radical (unpaired) electrons. The van der Waals surface area contributed by atoms with Crippen LogP contribution in [0.2, 0.25) is 5.02 Å². The predicted molar refractivity (Wildman–Crippen MR) is 66.6 cm³/mol. The van der Waals surface area contributed by atoms with E-state index in [1.807, 2.05) is 6.07 Å². The molecule has 2 rings (SSSR count). The van der Waals surface area contributed by atoms with Crippen LogP contribution in [0.4, 0.5) is 5.69 Å². The molecule has 6 heteroatoms. The van der Waals surface area contributed by atoms with E-state index < -0.39 is 5.97 Å². The normalized spacial score (nSPS) is 10.3. The Hall–Kier alpha value is -2.01. The minimum Gasteiger partial charge on any atom is -0.480 e. The first kappa shape index (κ1) is 12.4. The molecule has 1 aromatic carbocycles. The lowest BCUT2D eigenvalue weighted by molar-refractivity contribution is -0.135. The zero-order chi connectivity index (χ0) is 13.0. The number of hydrogen-bond donors (Lipinski definition) is 1. The van der Waals surface area contributed by atoms with E-state index in [2.05, 4.69) is 5.16 Å². The molecule has 1 N–H and O–H groups in total. The van der Waals surface area contributed by atoms with Crippen molar-refractivity contribution in [3.8, 4) is 0 Å². The summed E-state index contributed by atoms with van der Waals surface area (Å²) in [7, 11) is 0. The Morgan fingerprint density at radius 2 is 2.33 bits per heavy atom. The van der Waals surface area contributed by atoms with Crippen LogP contribution < -0.4 is 4.90 Å². The van der Waals surface area contributed by atoms with Crippen LogP contribution in [0.25, 0.3) is 0 Å². The molecule has 0 amide bonds. The number of carboxylic acids is 1. The van der Waals surface area contributed by atoms with Gasteiger partial charge in [0.15, 0.2) is 0 Å². The van der Waals surface area contributed by atoms with Gasteiger partial charge in [0.1, 0.15) is 12.8 Å². The molecule has 0 unspecified atom stereocenters. The topological polar surface area (TPSA) is 66.6 Å². The van der Waals surface area contributed by atoms with Gasteiger partial charge in [-0.05, 0) is 18.2 Å². The SMILES string of the molecule is O=C(O)CN(Cc1cnoc1)c1cccc(Cl)c1. The highest BCUT2D eigenvalue weighted by molar-refractivity contribution is 6.30. The van der Waals surface area contributed by atoms with Gasteiger partial charge in [0.25, 0.3) is 0 Å². The average Bonchev–Trinajstić information content (AvgIpc) is 2.80. The number of hydrogen-bond acceptors (Lipinski definition) is 4. The maximum atomic E-state index is 10.9. The third kappa shape index (κ3) is 3.24. The summed E-state index contributed by atoms with van der Waals surface area (Å²) in [5.41, 5.74) is 1.54. The summed E-state index contributed by atoms with van der Waals surface area (Å²) in [6.45, 7) is 0.279. The van der Waals surface area contributed by atoms with E-state index in [4.69, 9.17) is 21.2 Å². The fraction of sp³-hybridized carbons (Fsp3) is 0.167. The number of halogens is 1. The third-order valence-corrected chi connectivity index (χ3v) is 2.59. The number of carboxylic acid groups (broad SMARTS) is 1. The smallest absolute Gasteiger partial charge is 0.323 e. The molecule has 0 aliphatic heterocycles. The number of anilines is 1. The molecule has 0 aliphatic rings. The second-order valence-corrected chi connectivity index (χ2v) is 4.20. The summed E-state index contributed by atoms with van der Waals surface area (Å²) in [4.78, 5) is 12.6. The molecule has 0 fully saturated rings. The van der Waals surface area contributed by atoms with Crippen LogP contribution in [0.1, 0.15) is 5.56 Å². The van der Waals surface area contributed by atoms with Gasteiger partial charge in [-0.1, -0.05) is 22.8 Å². The fourth-order valence-electron chi connectivity index (χ4n) is 1.60. The maximum Gasteiger partial charge on any atom is 0.323 e. The monoisotopic (exact) mass is 266 g/mol. The number of aliphatic carboxylic acids is 1. The number of carbonyl (C=O) groups is 1. The van der Waals surface area contributed by atoms with Gasteiger partial charge in [0.2, 0.25) is 0 Å². The molecule has 0 saturated heterocycles. The van der Waals surface area contributed by atoms with Gasteiger partial charge in [0.05, 0.1) is 6.20 Å². The minimum atomic E-state index is -0.911. The van der Waals surface area contributed by atoms with Gasteiger partial charge >= 0.3 is 5.97 Å². The molecule has 0 bridgehead atoms. The molecule has 0 saturated carbocycles. The van der Waals surface area contributed by atoms with Crippen molar-refractivity contribution in [3.63, 3.8) is 0 Å². The molecular formula is C12H11ClN2O3. The van der Waals surface area contributed by atoms with E-state index >= 15 is 0 Å². The summed E-state index contributed by atoms with van der Waals surface area (Å²) in [5, 5.41) is 13.1. The summed E-state index contributed by atoms with van der Waals surface area (Å²) >= 11 is 5.90. The van der Waals surface area contributed by atoms with Crippen molar-refractivity contribution in [1.82, 2.24) is 5.16 Å². The van der Waals surface area contributed by atoms with Gasteiger partial charge in [-0.15, -0.1) is 0 Å². The zero-order valence-electron chi connectivity index (χ0n) is 9.41. The Balaban J connectivity index is 2.21. The summed E-state index contributed by atoms with van der Waals surface area (Å²) in [6.07, 6.45) is 3.04. The predicted octanol–water partition coefficient (Wildman–Crippen LogP) is 2.42. The summed E-state index contributed by atoms with van der Waals surface area (Å²) in [6, 6.07) is 7.05. The number of benzene rings is 1. The lowest BCUT2D eigenvalue weighted by Gasteiger charge is -2.22. The van der Waals surface area contributed by atoms with Crippen LogP contribution in [0, 0.1) is 0 Å². The van der Waals surface area contributed by atoms with Crippen LogP contribution in [0.15, 0.2) is 41.2 Å². The van der Waals surface area contributed by atoms with Crippen LogP contribution in [-0.2, 0) is 11.3 Å². The largest absolute Gasteiger partial charge is 0.480 e. The number of nitrogens with zero attached hydrogens (tertiary/aromatic N) is 2. The molecule has 2 aromatic rings. The molecule has 0 spiro atoms. The van der Waals surface area contributed by atoms with E-state index in [1.54, 1.807) is 29.3 Å². The quantitative estimate of drug-likeness (QED) is 0.900. The first-order chi connectivity index (χ1) is 8.65. The molecule has 0 aliphatic carbocycles. The van der Waals surface area contributed by atoms with Gasteiger partial charge in [0, 0.05) is 22.8 Å². The summed E-state index contributed by atoms with van der Waals surface area (Å²) in [5.74, 6) is -0.911. The van der Waals surface area contributed by atoms with Crippen LogP contribution >= 0.6 is 11.6 Å². The zero-order valence-corrected chi connectivity index (χ0v) is 10.2. The molecule has 18 heavy (non-hydrogen) atoms. The lowest BCUT2D eigenvalue weighted by Crippen LogP contribution is -2.28. The Morgan fingerprint density at radius 1 is 1.50 bits per heavy atom. The highest BCUT2D eigenvalue weighted by Crippen LogP contribution is 2.21. The molecule has 0 atom stereocenters. The first-order valence-electron chi connectivity index (χ1n) is 5.26. The molecular weight excluding hydrogens is 256 g/mol. The van der Waals surface area contributed by atoms with Crippen molar-refractivity contribution in [2.75, 3.05) is 11.4 Å². The number of aromatic nitrogens is 1. The van der Waals surface area contributed by atoms with Crippen molar-refractivity contribution >= 4 is 23.3 Å². The standard InChI is InChI=1S/C12H11ClN2O3/c13-10-2-1-3-11(4-10)15(7-12(16)17)6-9-5-14-18-8-9/h1-5,8H,6-7H2,(H,16,17). The van der Waals surface area contributed by atoms with Gasteiger partial charge in [-0.2, -0.15) is 0 Å². The minimum absolute atomic E-state index is 0.120. The second-order valence-electron chi connectivity index (χ2n) is 3.76. The average molecular weight is 267 g/mol. The van der Waals surface area contributed by atoms with Gasteiger partial charge in [-0.25, -0.2) is 0 Å². The van der Waals surface area contributed by atoms with Crippen molar-refractivity contribution in [2.45, 2.75) is 6.54 Å². The van der Waals surface area contributed by atoms with E-state index in [0.717, 1.165) is 11.3 Å². The van der Waals surface area contributed by atoms with Crippen molar-refractivity contribution in [2.24, 2.45) is 0 Å². The van der Waals surface area contributed by atoms with Crippen LogP contribution in [0.3, 0.4) is 0 Å². The number of rotatable bonds is 5. The van der Waals surface area contributed by atoms with Gasteiger partial charge < -0.3 is 14.5 Å². The van der Waals surface area contributed by atoms with Crippen molar-refractivity contribution in [1.29, 1.82) is 0 Å². The van der Waals surface area contributed by atoms with Crippen LogP contribution in [-0.4, -0.2) is 22.8 Å². The highest BCUT2D eigenvalue weighted by Gasteiger charge is 2.12. The maximum absolute atomic E-state index is 10.9. The highest BCUT2D eigenvalue weighted by atomic mass is 35.5. The fourth-order valence-corrected chi connectivity index (χ4v) is 1.78. The van der Waals surface area contributed by atoms with E-state index in [1.165, 1.54) is 6.26 Å². The molecule has 1 heterocycles. The first-order valence-corrected chi connectivity index (χ1v) is 5.63. The third-order valence-electron chi connectivity index (χ3n) is 2.36. The summed E-state index contributed by atoms with van der Waals surface area (Å²) < 4.78 is 4.73. The second kappa shape index (κ2) is 5.55. The van der Waals surface area contributed by atoms with Crippen molar-refractivity contribution < 1.29 is 14.4 Å². The molecule has 94 valence electrons. The van der Waals surface area contributed by atoms with E-state index in [9.17, 15) is 4.79 Å². The Kier molecular flexibility index (Phi) is 3.84. The Labute approximate surface area is 109 Å². The van der Waals surface area contributed by atoms with E-state index in [-0.39, 0.29) is 6.54 Å². The Bertz CT molecular complexity index is 528. The van der Waals surface area contributed by atoms with E-state index in [0.29, 0.717) is 11.6 Å². The Morgan fingerprint density at radius 3 is 2.94 bits per heavy atom. The van der Waals surface area contributed by atoms with Crippen molar-refractivity contribution in [3.05, 3.63) is 47.3 Å².